The maximum atomic E-state index is 5.53. The lowest BCUT2D eigenvalue weighted by atomic mass is 10.3. The van der Waals surface area contributed by atoms with Gasteiger partial charge in [0.15, 0.2) is 11.6 Å². The van der Waals surface area contributed by atoms with Gasteiger partial charge in [-0.1, -0.05) is 81.7 Å². The highest BCUT2D eigenvalue weighted by molar-refractivity contribution is 6.67. The van der Waals surface area contributed by atoms with Crippen LogP contribution in [0.3, 0.4) is 0 Å². The Hall–Kier alpha value is -0.490. The summed E-state index contributed by atoms with van der Waals surface area (Å²) in [6.07, 6.45) is 2.78. The minimum absolute atomic E-state index is 0.0983. The van der Waals surface area contributed by atoms with Crippen LogP contribution >= 0.6 is 69.6 Å². The fourth-order valence-corrected chi connectivity index (χ4v) is 2.03. The van der Waals surface area contributed by atoms with Gasteiger partial charge >= 0.3 is 0 Å². The van der Waals surface area contributed by atoms with Crippen LogP contribution in [-0.4, -0.2) is 15.0 Å². The molecule has 0 atom stereocenters. The van der Waals surface area contributed by atoms with Crippen molar-refractivity contribution in [3.05, 3.63) is 54.6 Å². The molecule has 2 aliphatic rings. The quantitative estimate of drug-likeness (QED) is 0.413. The number of alkyl halides is 6. The lowest BCUT2D eigenvalue weighted by Gasteiger charge is -2.12. The molecule has 0 saturated carbocycles. The summed E-state index contributed by atoms with van der Waals surface area (Å²) in [6, 6.07) is 9.88. The van der Waals surface area contributed by atoms with Gasteiger partial charge in [-0.15, -0.1) is 0 Å². The van der Waals surface area contributed by atoms with E-state index in [0.29, 0.717) is 0 Å². The molecule has 0 bridgehead atoms. The molecule has 3 rings (SSSR count). The van der Waals surface area contributed by atoms with Gasteiger partial charge in [0.25, 0.3) is 0 Å². The number of halogens is 6. The van der Waals surface area contributed by atoms with Gasteiger partial charge in [0.2, 0.25) is 7.59 Å². The van der Waals surface area contributed by atoms with Gasteiger partial charge in [-0.3, -0.25) is 0 Å². The average molecular weight is 434 g/mol. The van der Waals surface area contributed by atoms with Crippen LogP contribution in [0.25, 0.3) is 11.3 Å². The number of rotatable bonds is 0. The lowest BCUT2D eigenvalue weighted by Crippen LogP contribution is -2.14. The van der Waals surface area contributed by atoms with E-state index in [-0.39, 0.29) is 11.6 Å². The summed E-state index contributed by atoms with van der Waals surface area (Å²) >= 11 is 33.2. The molecular formula is C13H7Cl6N3O. The van der Waals surface area contributed by atoms with Crippen molar-refractivity contribution in [2.24, 2.45) is 0 Å². The van der Waals surface area contributed by atoms with Crippen molar-refractivity contribution in [3.63, 3.8) is 0 Å². The van der Waals surface area contributed by atoms with Gasteiger partial charge < -0.3 is 4.42 Å². The molecule has 0 amide bonds. The van der Waals surface area contributed by atoms with Crippen LogP contribution in [0.1, 0.15) is 11.6 Å². The number of aromatic nitrogens is 3. The van der Waals surface area contributed by atoms with Crippen molar-refractivity contribution in [1.29, 1.82) is 0 Å². The Morgan fingerprint density at radius 1 is 0.783 bits per heavy atom. The Bertz CT molecular complexity index is 681. The van der Waals surface area contributed by atoms with E-state index in [0.717, 1.165) is 17.7 Å². The van der Waals surface area contributed by atoms with Crippen molar-refractivity contribution >= 4 is 69.6 Å². The van der Waals surface area contributed by atoms with Gasteiger partial charge in [0.1, 0.15) is 12.1 Å². The fraction of sp³-hybridized carbons (Fsp3) is 0.154. The normalized spacial score (nSPS) is 11.9. The first-order valence-corrected chi connectivity index (χ1v) is 8.20. The summed E-state index contributed by atoms with van der Waals surface area (Å²) in [5.74, 6) is 0.759. The van der Waals surface area contributed by atoms with Gasteiger partial charge in [-0.05, 0) is 18.2 Å². The SMILES string of the molecule is ClC(Cl)(Cl)c1ncnc(C(Cl)(Cl)Cl)n1.c1coc2cccc-2c1. The second-order valence-corrected chi connectivity index (χ2v) is 8.65. The molecule has 10 heteroatoms. The molecule has 0 fully saturated rings. The van der Waals surface area contributed by atoms with Gasteiger partial charge in [-0.25, -0.2) is 15.0 Å². The number of hydrogen-bond acceptors (Lipinski definition) is 4. The summed E-state index contributed by atoms with van der Waals surface area (Å²) in [4.78, 5) is 11.0. The zero-order valence-electron chi connectivity index (χ0n) is 11.1. The zero-order chi connectivity index (χ0) is 17.1. The molecule has 2 heterocycles. The van der Waals surface area contributed by atoms with E-state index in [1.807, 2.05) is 30.3 Å². The molecule has 23 heavy (non-hydrogen) atoms. The Balaban J connectivity index is 0.000000182. The predicted molar refractivity (Wildman–Crippen MR) is 93.6 cm³/mol. The van der Waals surface area contributed by atoms with Crippen LogP contribution in [0.2, 0.25) is 0 Å². The third-order valence-corrected chi connectivity index (χ3v) is 3.45. The summed E-state index contributed by atoms with van der Waals surface area (Å²) in [6.45, 7) is 0. The summed E-state index contributed by atoms with van der Waals surface area (Å²) in [7, 11) is 0. The standard InChI is InChI=1S/C8H6O.C5HCl6N3/c1-3-7-4-2-6-9-8(7)5-1;6-4(7,8)2-12-1-13-3(14-2)5(9,10)11/h1-6H;1H. The molecular weight excluding hydrogens is 427 g/mol. The summed E-state index contributed by atoms with van der Waals surface area (Å²) in [5, 5.41) is 0. The molecule has 4 nitrogen and oxygen atoms in total. The van der Waals surface area contributed by atoms with E-state index in [2.05, 4.69) is 15.0 Å². The molecule has 122 valence electrons. The van der Waals surface area contributed by atoms with E-state index in [9.17, 15) is 0 Å². The number of nitrogens with zero attached hydrogens (tertiary/aromatic N) is 3. The van der Waals surface area contributed by atoms with Gasteiger partial charge in [0, 0.05) is 5.56 Å². The third kappa shape index (κ3) is 5.52. The highest BCUT2D eigenvalue weighted by Gasteiger charge is 2.32. The molecule has 0 spiro atoms. The van der Waals surface area contributed by atoms with Crippen LogP contribution in [0.5, 0.6) is 0 Å². The topological polar surface area (TPSA) is 51.8 Å². The van der Waals surface area contributed by atoms with E-state index in [1.54, 1.807) is 6.26 Å². The average Bonchev–Trinajstić information content (AvgIpc) is 2.95. The van der Waals surface area contributed by atoms with E-state index in [1.165, 1.54) is 0 Å². The Morgan fingerprint density at radius 2 is 1.35 bits per heavy atom. The Morgan fingerprint density at radius 3 is 1.87 bits per heavy atom. The summed E-state index contributed by atoms with van der Waals surface area (Å²) < 4.78 is 1.61. The third-order valence-electron chi connectivity index (χ3n) is 2.44. The van der Waals surface area contributed by atoms with Gasteiger partial charge in [-0.2, -0.15) is 0 Å². The molecule has 1 aromatic rings. The van der Waals surface area contributed by atoms with Crippen molar-refractivity contribution in [1.82, 2.24) is 15.0 Å². The molecule has 1 aliphatic heterocycles. The minimum atomic E-state index is -1.77. The zero-order valence-corrected chi connectivity index (χ0v) is 15.6. The molecule has 1 aromatic heterocycles. The van der Waals surface area contributed by atoms with Gasteiger partial charge in [0.05, 0.1) is 6.26 Å². The van der Waals surface area contributed by atoms with Crippen molar-refractivity contribution in [2.75, 3.05) is 0 Å². The predicted octanol–water partition coefficient (Wildman–Crippen LogP) is 5.91. The van der Waals surface area contributed by atoms with Crippen LogP contribution in [-0.2, 0) is 7.59 Å². The molecule has 0 aromatic carbocycles. The molecule has 1 aliphatic carbocycles. The van der Waals surface area contributed by atoms with Crippen molar-refractivity contribution in [2.45, 2.75) is 7.59 Å². The second-order valence-electron chi connectivity index (χ2n) is 4.09. The highest BCUT2D eigenvalue weighted by Crippen LogP contribution is 2.39. The van der Waals surface area contributed by atoms with Crippen molar-refractivity contribution in [3.8, 4) is 11.3 Å². The Kier molecular flexibility index (Phi) is 6.22. The monoisotopic (exact) mass is 431 g/mol. The first-order chi connectivity index (χ1) is 10.7. The van der Waals surface area contributed by atoms with Crippen LogP contribution in [0.4, 0.5) is 0 Å². The first-order valence-electron chi connectivity index (χ1n) is 5.93. The van der Waals surface area contributed by atoms with Crippen molar-refractivity contribution < 1.29 is 4.42 Å². The van der Waals surface area contributed by atoms with Crippen LogP contribution < -0.4 is 0 Å². The van der Waals surface area contributed by atoms with Crippen LogP contribution in [0, 0.1) is 0 Å². The fourth-order valence-electron chi connectivity index (χ4n) is 1.49. The van der Waals surface area contributed by atoms with E-state index >= 15 is 0 Å². The molecule has 0 radical (unpaired) electrons. The number of hydrogen-bond donors (Lipinski definition) is 0. The maximum Gasteiger partial charge on any atom is 0.250 e. The van der Waals surface area contributed by atoms with Crippen LogP contribution in [0.15, 0.2) is 47.3 Å². The largest absolute Gasteiger partial charge is 0.464 e. The summed E-state index contributed by atoms with van der Waals surface area (Å²) in [5.41, 5.74) is 1.16. The smallest absolute Gasteiger partial charge is 0.250 e. The molecule has 0 unspecified atom stereocenters. The van der Waals surface area contributed by atoms with E-state index in [4.69, 9.17) is 74.0 Å². The molecule has 0 N–H and O–H groups in total. The lowest BCUT2D eigenvalue weighted by molar-refractivity contribution is 0.567. The molecule has 0 saturated heterocycles. The maximum absolute atomic E-state index is 5.53. The second kappa shape index (κ2) is 7.60. The van der Waals surface area contributed by atoms with E-state index < -0.39 is 7.59 Å². The Labute approximate surface area is 162 Å². The highest BCUT2D eigenvalue weighted by atomic mass is 35.6. The first kappa shape index (κ1) is 18.8. The number of fused-ring (bicyclic) bond motifs is 1. The minimum Gasteiger partial charge on any atom is -0.464 e.